The van der Waals surface area contributed by atoms with Crippen LogP contribution in [0, 0.1) is 0 Å². The lowest BCUT2D eigenvalue weighted by molar-refractivity contribution is 0.722. The molecule has 0 bridgehead atoms. The number of hydrogen-bond donors (Lipinski definition) is 1. The molecule has 2 atom stereocenters. The van der Waals surface area contributed by atoms with Crippen LogP contribution >= 0.6 is 0 Å². The van der Waals surface area contributed by atoms with E-state index >= 15 is 0 Å². The zero-order chi connectivity index (χ0) is 14.8. The first kappa shape index (κ1) is 13.8. The van der Waals surface area contributed by atoms with Gasteiger partial charge in [0.05, 0.1) is 6.20 Å². The predicted octanol–water partition coefficient (Wildman–Crippen LogP) is 3.16. The van der Waals surface area contributed by atoms with Crippen LogP contribution in [-0.2, 0) is 6.42 Å². The number of nitrogens with zero attached hydrogens (tertiary/aromatic N) is 4. The fourth-order valence-corrected chi connectivity index (χ4v) is 2.69. The number of benzene rings is 1. The molecular formula is C16H21N5. The molecule has 0 fully saturated rings. The van der Waals surface area contributed by atoms with Gasteiger partial charge in [0, 0.05) is 17.8 Å². The number of hydrogen-bond acceptors (Lipinski definition) is 5. The zero-order valence-corrected chi connectivity index (χ0v) is 12.7. The highest BCUT2D eigenvalue weighted by Gasteiger charge is 2.29. The summed E-state index contributed by atoms with van der Waals surface area (Å²) in [7, 11) is 0. The topological polar surface area (TPSA) is 53.9 Å². The summed E-state index contributed by atoms with van der Waals surface area (Å²) in [5, 5.41) is 11.7. The van der Waals surface area contributed by atoms with E-state index in [1.807, 2.05) is 0 Å². The van der Waals surface area contributed by atoms with Crippen molar-refractivity contribution in [2.45, 2.75) is 45.7 Å². The smallest absolute Gasteiger partial charge is 0.252 e. The van der Waals surface area contributed by atoms with Crippen molar-refractivity contribution in [1.29, 1.82) is 0 Å². The number of anilines is 3. The molecule has 0 spiro atoms. The lowest BCUT2D eigenvalue weighted by Gasteiger charge is -2.22. The Morgan fingerprint density at radius 2 is 2.19 bits per heavy atom. The highest BCUT2D eigenvalue weighted by molar-refractivity contribution is 5.67. The van der Waals surface area contributed by atoms with Gasteiger partial charge in [0.2, 0.25) is 0 Å². The third-order valence-electron chi connectivity index (χ3n) is 3.98. The summed E-state index contributed by atoms with van der Waals surface area (Å²) < 4.78 is 0. The van der Waals surface area contributed by atoms with E-state index in [0.29, 0.717) is 18.0 Å². The van der Waals surface area contributed by atoms with E-state index in [1.165, 1.54) is 11.3 Å². The molecular weight excluding hydrogens is 262 g/mol. The van der Waals surface area contributed by atoms with Crippen molar-refractivity contribution in [3.63, 3.8) is 0 Å². The first-order chi connectivity index (χ1) is 10.2. The summed E-state index contributed by atoms with van der Waals surface area (Å²) in [5.74, 6) is 1.45. The molecule has 1 aromatic carbocycles. The summed E-state index contributed by atoms with van der Waals surface area (Å²) >= 11 is 0. The summed E-state index contributed by atoms with van der Waals surface area (Å²) in [6.45, 7) is 6.47. The quantitative estimate of drug-likeness (QED) is 0.934. The first-order valence-corrected chi connectivity index (χ1v) is 7.52. The molecule has 1 aromatic heterocycles. The van der Waals surface area contributed by atoms with Crippen LogP contribution in [-0.4, -0.2) is 27.3 Å². The second kappa shape index (κ2) is 5.68. The molecule has 5 heteroatoms. The van der Waals surface area contributed by atoms with Crippen LogP contribution < -0.4 is 10.2 Å². The van der Waals surface area contributed by atoms with Gasteiger partial charge in [0.15, 0.2) is 5.82 Å². The minimum atomic E-state index is 0.350. The van der Waals surface area contributed by atoms with E-state index in [2.05, 4.69) is 70.4 Å². The van der Waals surface area contributed by atoms with Crippen LogP contribution in [0.15, 0.2) is 30.5 Å². The monoisotopic (exact) mass is 283 g/mol. The Balaban J connectivity index is 1.92. The number of para-hydroxylation sites is 1. The van der Waals surface area contributed by atoms with Gasteiger partial charge in [0.1, 0.15) is 0 Å². The van der Waals surface area contributed by atoms with E-state index in [4.69, 9.17) is 0 Å². The standard InChI is InChI=1S/C16H21N5/c1-4-11(2)18-15-10-17-20-16(19-15)21-12(3)9-13-7-5-6-8-14(13)21/h5-8,10-12H,4,9H2,1-3H3,(H,18,19,20). The second-order valence-corrected chi connectivity index (χ2v) is 5.65. The normalized spacial score (nSPS) is 18.4. The van der Waals surface area contributed by atoms with Gasteiger partial charge in [-0.1, -0.05) is 25.1 Å². The van der Waals surface area contributed by atoms with E-state index in [0.717, 1.165) is 18.7 Å². The molecule has 0 aliphatic carbocycles. The average Bonchev–Trinajstić information content (AvgIpc) is 2.83. The number of aromatic nitrogens is 3. The lowest BCUT2D eigenvalue weighted by Crippen LogP contribution is -2.26. The van der Waals surface area contributed by atoms with Gasteiger partial charge >= 0.3 is 0 Å². The van der Waals surface area contributed by atoms with Crippen molar-refractivity contribution in [3.05, 3.63) is 36.0 Å². The Morgan fingerprint density at radius 1 is 1.38 bits per heavy atom. The van der Waals surface area contributed by atoms with Gasteiger partial charge in [-0.15, -0.1) is 5.10 Å². The molecule has 2 heterocycles. The third-order valence-corrected chi connectivity index (χ3v) is 3.98. The average molecular weight is 283 g/mol. The van der Waals surface area contributed by atoms with Crippen LogP contribution in [0.25, 0.3) is 0 Å². The highest BCUT2D eigenvalue weighted by atomic mass is 15.4. The number of rotatable bonds is 4. The van der Waals surface area contributed by atoms with Crippen molar-refractivity contribution in [1.82, 2.24) is 15.2 Å². The van der Waals surface area contributed by atoms with Gasteiger partial charge in [-0.2, -0.15) is 10.1 Å². The van der Waals surface area contributed by atoms with Crippen LogP contribution in [0.3, 0.4) is 0 Å². The number of nitrogens with one attached hydrogen (secondary N) is 1. The fourth-order valence-electron chi connectivity index (χ4n) is 2.69. The molecule has 2 aromatic rings. The van der Waals surface area contributed by atoms with Crippen LogP contribution in [0.2, 0.25) is 0 Å². The SMILES string of the molecule is CCC(C)Nc1cnnc(N2c3ccccc3CC2C)n1. The maximum absolute atomic E-state index is 4.63. The molecule has 1 aliphatic rings. The summed E-state index contributed by atoms with van der Waals surface area (Å²) in [4.78, 5) is 6.80. The first-order valence-electron chi connectivity index (χ1n) is 7.52. The van der Waals surface area contributed by atoms with Crippen LogP contribution in [0.1, 0.15) is 32.8 Å². The third kappa shape index (κ3) is 2.68. The Kier molecular flexibility index (Phi) is 3.73. The number of fused-ring (bicyclic) bond motifs is 1. The largest absolute Gasteiger partial charge is 0.366 e. The molecule has 5 nitrogen and oxygen atoms in total. The fraction of sp³-hybridized carbons (Fsp3) is 0.438. The molecule has 0 radical (unpaired) electrons. The van der Waals surface area contributed by atoms with Gasteiger partial charge < -0.3 is 10.2 Å². The lowest BCUT2D eigenvalue weighted by atomic mass is 10.1. The Hall–Kier alpha value is -2.17. The van der Waals surface area contributed by atoms with E-state index < -0.39 is 0 Å². The van der Waals surface area contributed by atoms with E-state index in [9.17, 15) is 0 Å². The Bertz CT molecular complexity index is 628. The minimum absolute atomic E-state index is 0.350. The van der Waals surface area contributed by atoms with Gasteiger partial charge in [-0.25, -0.2) is 0 Å². The molecule has 0 amide bonds. The minimum Gasteiger partial charge on any atom is -0.366 e. The predicted molar refractivity (Wildman–Crippen MR) is 84.9 cm³/mol. The highest BCUT2D eigenvalue weighted by Crippen LogP contribution is 2.36. The molecule has 110 valence electrons. The maximum atomic E-state index is 4.63. The van der Waals surface area contributed by atoms with Gasteiger partial charge in [0.25, 0.3) is 5.95 Å². The van der Waals surface area contributed by atoms with Crippen molar-refractivity contribution < 1.29 is 0 Å². The molecule has 2 unspecified atom stereocenters. The summed E-state index contributed by atoms with van der Waals surface area (Å²) in [5.41, 5.74) is 2.53. The summed E-state index contributed by atoms with van der Waals surface area (Å²) in [6.07, 6.45) is 3.74. The Labute approximate surface area is 125 Å². The van der Waals surface area contributed by atoms with Crippen molar-refractivity contribution in [3.8, 4) is 0 Å². The maximum Gasteiger partial charge on any atom is 0.252 e. The van der Waals surface area contributed by atoms with Crippen LogP contribution in [0.5, 0.6) is 0 Å². The molecule has 0 saturated heterocycles. The molecule has 3 rings (SSSR count). The Morgan fingerprint density at radius 3 is 3.00 bits per heavy atom. The van der Waals surface area contributed by atoms with Crippen LogP contribution in [0.4, 0.5) is 17.5 Å². The van der Waals surface area contributed by atoms with Gasteiger partial charge in [-0.3, -0.25) is 0 Å². The molecule has 1 aliphatic heterocycles. The van der Waals surface area contributed by atoms with Crippen molar-refractivity contribution in [2.75, 3.05) is 10.2 Å². The van der Waals surface area contributed by atoms with E-state index in [1.54, 1.807) is 6.20 Å². The zero-order valence-electron chi connectivity index (χ0n) is 12.7. The second-order valence-electron chi connectivity index (χ2n) is 5.65. The van der Waals surface area contributed by atoms with Crippen molar-refractivity contribution >= 4 is 17.5 Å². The van der Waals surface area contributed by atoms with Crippen molar-refractivity contribution in [2.24, 2.45) is 0 Å². The summed E-state index contributed by atoms with van der Waals surface area (Å²) in [6, 6.07) is 9.14. The van der Waals surface area contributed by atoms with E-state index in [-0.39, 0.29) is 0 Å². The molecule has 0 saturated carbocycles. The molecule has 21 heavy (non-hydrogen) atoms. The van der Waals surface area contributed by atoms with Gasteiger partial charge in [-0.05, 0) is 38.3 Å². The molecule has 1 N–H and O–H groups in total.